The summed E-state index contributed by atoms with van der Waals surface area (Å²) in [5.41, 5.74) is 0. The molecule has 0 aromatic rings. The van der Waals surface area contributed by atoms with Gasteiger partial charge in [-0.25, -0.2) is 8.42 Å². The molecule has 0 rings (SSSR count). The summed E-state index contributed by atoms with van der Waals surface area (Å²) in [6.07, 6.45) is -0.242. The van der Waals surface area contributed by atoms with E-state index in [4.69, 9.17) is 0 Å². The third-order valence-corrected chi connectivity index (χ3v) is 3.38. The molecule has 0 fully saturated rings. The highest BCUT2D eigenvalue weighted by molar-refractivity contribution is 7.91. The van der Waals surface area contributed by atoms with E-state index < -0.39 is 15.9 Å². The molecule has 0 saturated carbocycles. The molecule has 0 amide bonds. The minimum absolute atomic E-state index is 0.0757. The van der Waals surface area contributed by atoms with Crippen LogP contribution in [0.15, 0.2) is 0 Å². The van der Waals surface area contributed by atoms with E-state index in [1.165, 1.54) is 0 Å². The van der Waals surface area contributed by atoms with Crippen LogP contribution in [0, 0.1) is 0 Å². The number of sulfone groups is 1. The van der Waals surface area contributed by atoms with Gasteiger partial charge in [0.1, 0.15) is 9.84 Å². The quantitative estimate of drug-likeness (QED) is 0.593. The largest absolute Gasteiger partial charge is 0.392 e. The first-order chi connectivity index (χ1) is 5.52. The number of rotatable bonds is 6. The van der Waals surface area contributed by atoms with Gasteiger partial charge in [-0.1, -0.05) is 6.92 Å². The molecule has 1 unspecified atom stereocenters. The molecule has 1 atom stereocenters. The molecule has 0 aromatic carbocycles. The second kappa shape index (κ2) is 5.50. The van der Waals surface area contributed by atoms with Gasteiger partial charge in [0.05, 0.1) is 11.9 Å². The van der Waals surface area contributed by atoms with Gasteiger partial charge in [0, 0.05) is 12.3 Å². The smallest absolute Gasteiger partial charge is 0.150 e. The third-order valence-electron chi connectivity index (χ3n) is 1.64. The van der Waals surface area contributed by atoms with Gasteiger partial charge in [0.15, 0.2) is 0 Å². The van der Waals surface area contributed by atoms with Crippen molar-refractivity contribution >= 4 is 9.84 Å². The van der Waals surface area contributed by atoms with E-state index in [0.717, 1.165) is 0 Å². The highest BCUT2D eigenvalue weighted by Crippen LogP contribution is 1.97. The van der Waals surface area contributed by atoms with Crippen molar-refractivity contribution in [2.45, 2.75) is 19.4 Å². The van der Waals surface area contributed by atoms with E-state index in [2.05, 4.69) is 5.32 Å². The normalized spacial score (nSPS) is 14.6. The van der Waals surface area contributed by atoms with E-state index >= 15 is 0 Å². The number of hydrogen-bond acceptors (Lipinski definition) is 4. The van der Waals surface area contributed by atoms with E-state index in [-0.39, 0.29) is 11.5 Å². The van der Waals surface area contributed by atoms with Crippen LogP contribution >= 0.6 is 0 Å². The van der Waals surface area contributed by atoms with Crippen LogP contribution in [0.1, 0.15) is 13.3 Å². The zero-order valence-electron chi connectivity index (χ0n) is 7.58. The van der Waals surface area contributed by atoms with Gasteiger partial charge in [-0.15, -0.1) is 0 Å². The van der Waals surface area contributed by atoms with Gasteiger partial charge in [0.2, 0.25) is 0 Å². The summed E-state index contributed by atoms with van der Waals surface area (Å²) in [6, 6.07) is 0. The van der Waals surface area contributed by atoms with Crippen molar-refractivity contribution < 1.29 is 13.5 Å². The minimum atomic E-state index is -2.92. The molecule has 4 nitrogen and oxygen atoms in total. The lowest BCUT2D eigenvalue weighted by atomic mass is 10.3. The standard InChI is InChI=1S/C7H17NO3S/c1-3-12(10,11)5-4-7(9)6-8-2/h7-9H,3-6H2,1-2H3. The summed E-state index contributed by atoms with van der Waals surface area (Å²) in [7, 11) is -1.20. The molecular weight excluding hydrogens is 178 g/mol. The van der Waals surface area contributed by atoms with Crippen LogP contribution in [0.25, 0.3) is 0 Å². The SMILES string of the molecule is CCS(=O)(=O)CCC(O)CNC. The molecule has 0 aliphatic heterocycles. The first kappa shape index (κ1) is 11.9. The Morgan fingerprint density at radius 1 is 1.50 bits per heavy atom. The van der Waals surface area contributed by atoms with Crippen LogP contribution in [0.3, 0.4) is 0 Å². The van der Waals surface area contributed by atoms with Gasteiger partial charge in [-0.2, -0.15) is 0 Å². The molecule has 0 aromatic heterocycles. The molecule has 0 bridgehead atoms. The maximum Gasteiger partial charge on any atom is 0.150 e. The third kappa shape index (κ3) is 5.51. The topological polar surface area (TPSA) is 66.4 Å². The van der Waals surface area contributed by atoms with Crippen LogP contribution in [0.2, 0.25) is 0 Å². The number of nitrogens with one attached hydrogen (secondary N) is 1. The van der Waals surface area contributed by atoms with Gasteiger partial charge in [0.25, 0.3) is 0 Å². The lowest BCUT2D eigenvalue weighted by Crippen LogP contribution is -2.26. The van der Waals surface area contributed by atoms with Crippen LogP contribution < -0.4 is 5.32 Å². The fourth-order valence-electron chi connectivity index (χ4n) is 0.798. The molecule has 5 heteroatoms. The Morgan fingerprint density at radius 2 is 2.08 bits per heavy atom. The van der Waals surface area contributed by atoms with Crippen molar-refractivity contribution in [1.29, 1.82) is 0 Å². The highest BCUT2D eigenvalue weighted by atomic mass is 32.2. The Morgan fingerprint density at radius 3 is 2.50 bits per heavy atom. The predicted octanol–water partition coefficient (Wildman–Crippen LogP) is -0.608. The molecule has 74 valence electrons. The predicted molar refractivity (Wildman–Crippen MR) is 48.9 cm³/mol. The Bertz CT molecular complexity index is 201. The van der Waals surface area contributed by atoms with E-state index in [1.54, 1.807) is 14.0 Å². The molecular formula is C7H17NO3S. The Balaban J connectivity index is 3.68. The summed E-state index contributed by atoms with van der Waals surface area (Å²) in [4.78, 5) is 0. The molecule has 0 spiro atoms. The molecule has 2 N–H and O–H groups in total. The average Bonchev–Trinajstić information content (AvgIpc) is 2.02. The van der Waals surface area contributed by atoms with E-state index in [1.807, 2.05) is 0 Å². The van der Waals surface area contributed by atoms with Gasteiger partial charge in [-0.3, -0.25) is 0 Å². The Labute approximate surface area is 73.9 Å². The highest BCUT2D eigenvalue weighted by Gasteiger charge is 2.10. The summed E-state index contributed by atoms with van der Waals surface area (Å²) in [6.45, 7) is 2.05. The number of hydrogen-bond donors (Lipinski definition) is 2. The number of aliphatic hydroxyl groups excluding tert-OH is 1. The zero-order chi connectivity index (χ0) is 9.61. The minimum Gasteiger partial charge on any atom is -0.392 e. The average molecular weight is 195 g/mol. The molecule has 0 saturated heterocycles. The molecule has 0 aliphatic carbocycles. The molecule has 0 heterocycles. The molecule has 12 heavy (non-hydrogen) atoms. The van der Waals surface area contributed by atoms with Crippen LogP contribution in [0.4, 0.5) is 0 Å². The zero-order valence-corrected chi connectivity index (χ0v) is 8.39. The second-order valence-corrected chi connectivity index (χ2v) is 5.21. The fraction of sp³-hybridized carbons (Fsp3) is 1.00. The van der Waals surface area contributed by atoms with Crippen molar-refractivity contribution in [2.75, 3.05) is 25.1 Å². The lowest BCUT2D eigenvalue weighted by molar-refractivity contribution is 0.171. The van der Waals surface area contributed by atoms with Gasteiger partial charge < -0.3 is 10.4 Å². The summed E-state index contributed by atoms with van der Waals surface area (Å²) < 4.78 is 22.0. The van der Waals surface area contributed by atoms with E-state index in [0.29, 0.717) is 13.0 Å². The van der Waals surface area contributed by atoms with Crippen LogP contribution in [-0.4, -0.2) is 44.7 Å². The second-order valence-electron chi connectivity index (χ2n) is 2.74. The van der Waals surface area contributed by atoms with Gasteiger partial charge in [-0.05, 0) is 13.5 Å². The summed E-state index contributed by atoms with van der Waals surface area (Å²) in [5.74, 6) is 0.228. The first-order valence-electron chi connectivity index (χ1n) is 4.05. The van der Waals surface area contributed by atoms with Crippen molar-refractivity contribution in [3.63, 3.8) is 0 Å². The van der Waals surface area contributed by atoms with E-state index in [9.17, 15) is 13.5 Å². The number of aliphatic hydroxyl groups is 1. The number of likely N-dealkylation sites (N-methyl/N-ethyl adjacent to an activating group) is 1. The fourth-order valence-corrected chi connectivity index (χ4v) is 1.72. The van der Waals surface area contributed by atoms with Crippen molar-refractivity contribution in [2.24, 2.45) is 0 Å². The Kier molecular flexibility index (Phi) is 5.44. The van der Waals surface area contributed by atoms with Crippen LogP contribution in [-0.2, 0) is 9.84 Å². The van der Waals surface area contributed by atoms with Crippen LogP contribution in [0.5, 0.6) is 0 Å². The summed E-state index contributed by atoms with van der Waals surface area (Å²) in [5, 5.41) is 12.0. The van der Waals surface area contributed by atoms with Crippen molar-refractivity contribution in [1.82, 2.24) is 5.32 Å². The van der Waals surface area contributed by atoms with Crippen molar-refractivity contribution in [3.05, 3.63) is 0 Å². The molecule has 0 aliphatic rings. The van der Waals surface area contributed by atoms with Gasteiger partial charge >= 0.3 is 0 Å². The molecule has 0 radical (unpaired) electrons. The maximum absolute atomic E-state index is 11.0. The maximum atomic E-state index is 11.0. The van der Waals surface area contributed by atoms with Crippen molar-refractivity contribution in [3.8, 4) is 0 Å². The monoisotopic (exact) mass is 195 g/mol. The summed E-state index contributed by atoms with van der Waals surface area (Å²) >= 11 is 0. The Hall–Kier alpha value is -0.130. The lowest BCUT2D eigenvalue weighted by Gasteiger charge is -2.08. The first-order valence-corrected chi connectivity index (χ1v) is 5.87.